The smallest absolute Gasteiger partial charge is 0.163 e. The Morgan fingerprint density at radius 3 is 2.89 bits per heavy atom. The summed E-state index contributed by atoms with van der Waals surface area (Å²) in [5, 5.41) is 5.83. The van der Waals surface area contributed by atoms with E-state index in [1.165, 1.54) is 17.7 Å². The first-order chi connectivity index (χ1) is 8.64. The summed E-state index contributed by atoms with van der Waals surface area (Å²) in [5.41, 5.74) is 0. The van der Waals surface area contributed by atoms with Crippen molar-refractivity contribution in [2.45, 2.75) is 44.6 Å². The van der Waals surface area contributed by atoms with Crippen LogP contribution >= 0.6 is 11.3 Å². The van der Waals surface area contributed by atoms with Gasteiger partial charge in [0.15, 0.2) is 5.79 Å². The maximum Gasteiger partial charge on any atom is 0.163 e. The molecule has 4 heteroatoms. The highest BCUT2D eigenvalue weighted by atomic mass is 32.1. The summed E-state index contributed by atoms with van der Waals surface area (Å²) in [6, 6.07) is 4.88. The van der Waals surface area contributed by atoms with Gasteiger partial charge in [-0.25, -0.2) is 0 Å². The maximum absolute atomic E-state index is 5.84. The molecular formula is C14H21NO2S. The van der Waals surface area contributed by atoms with Crippen LogP contribution < -0.4 is 5.32 Å². The summed E-state index contributed by atoms with van der Waals surface area (Å²) in [5.74, 6) is 0.406. The van der Waals surface area contributed by atoms with E-state index in [-0.39, 0.29) is 6.10 Å². The number of rotatable bonds is 5. The molecule has 2 fully saturated rings. The van der Waals surface area contributed by atoms with E-state index in [0.717, 1.165) is 12.5 Å². The molecule has 1 N–H and O–H groups in total. The molecule has 1 saturated carbocycles. The third-order valence-corrected chi connectivity index (χ3v) is 4.53. The van der Waals surface area contributed by atoms with Crippen molar-refractivity contribution in [3.63, 3.8) is 0 Å². The Kier molecular flexibility index (Phi) is 3.45. The van der Waals surface area contributed by atoms with Gasteiger partial charge in [-0.15, -0.1) is 11.3 Å². The summed E-state index contributed by atoms with van der Waals surface area (Å²) in [6.45, 7) is 5.53. The van der Waals surface area contributed by atoms with Crippen molar-refractivity contribution in [1.29, 1.82) is 0 Å². The second kappa shape index (κ2) is 4.93. The standard InChI is InChI=1S/C14H21NO2S/c1-14(2)16-9-11(17-14)8-15-13(10-5-6-10)12-4-3-7-18-12/h3-4,7,10-11,13,15H,5-6,8-9H2,1-2H3. The van der Waals surface area contributed by atoms with Crippen molar-refractivity contribution in [3.05, 3.63) is 22.4 Å². The lowest BCUT2D eigenvalue weighted by Gasteiger charge is -2.21. The molecule has 0 bridgehead atoms. The molecular weight excluding hydrogens is 246 g/mol. The minimum Gasteiger partial charge on any atom is -0.348 e. The van der Waals surface area contributed by atoms with E-state index in [9.17, 15) is 0 Å². The van der Waals surface area contributed by atoms with Gasteiger partial charge in [0.2, 0.25) is 0 Å². The van der Waals surface area contributed by atoms with Crippen LogP contribution in [0.15, 0.2) is 17.5 Å². The second-order valence-corrected chi connectivity index (χ2v) is 6.67. The lowest BCUT2D eigenvalue weighted by molar-refractivity contribution is -0.137. The van der Waals surface area contributed by atoms with Gasteiger partial charge < -0.3 is 14.8 Å². The SMILES string of the molecule is CC1(C)OCC(CNC(c2cccs2)C2CC2)O1. The van der Waals surface area contributed by atoms with Gasteiger partial charge in [-0.1, -0.05) is 6.07 Å². The Morgan fingerprint density at radius 1 is 1.50 bits per heavy atom. The molecule has 3 nitrogen and oxygen atoms in total. The van der Waals surface area contributed by atoms with Crippen LogP contribution in [0.25, 0.3) is 0 Å². The molecule has 1 aliphatic carbocycles. The molecule has 0 aromatic carbocycles. The topological polar surface area (TPSA) is 30.5 Å². The van der Waals surface area contributed by atoms with E-state index in [1.54, 1.807) is 0 Å². The summed E-state index contributed by atoms with van der Waals surface area (Å²) >= 11 is 1.85. The van der Waals surface area contributed by atoms with E-state index >= 15 is 0 Å². The predicted molar refractivity (Wildman–Crippen MR) is 72.7 cm³/mol. The van der Waals surface area contributed by atoms with Crippen LogP contribution in [0, 0.1) is 5.92 Å². The average Bonchev–Trinajstić information content (AvgIpc) is 2.88. The van der Waals surface area contributed by atoms with Crippen molar-refractivity contribution in [2.24, 2.45) is 5.92 Å². The molecule has 1 aromatic rings. The zero-order valence-corrected chi connectivity index (χ0v) is 11.8. The number of nitrogens with one attached hydrogen (secondary N) is 1. The zero-order valence-electron chi connectivity index (χ0n) is 11.0. The Hall–Kier alpha value is -0.420. The number of ether oxygens (including phenoxy) is 2. The molecule has 0 radical (unpaired) electrons. The van der Waals surface area contributed by atoms with Crippen molar-refractivity contribution in [3.8, 4) is 0 Å². The van der Waals surface area contributed by atoms with Crippen LogP contribution in [-0.4, -0.2) is 25.0 Å². The van der Waals surface area contributed by atoms with Gasteiger partial charge in [-0.05, 0) is 44.1 Å². The molecule has 0 amide bonds. The molecule has 1 aromatic heterocycles. The third-order valence-electron chi connectivity index (χ3n) is 3.58. The average molecular weight is 267 g/mol. The normalized spacial score (nSPS) is 28.4. The fourth-order valence-corrected chi connectivity index (χ4v) is 3.41. The van der Waals surface area contributed by atoms with E-state index in [2.05, 4.69) is 22.8 Å². The Balaban J connectivity index is 1.55. The fraction of sp³-hybridized carbons (Fsp3) is 0.714. The van der Waals surface area contributed by atoms with Crippen LogP contribution in [0.1, 0.15) is 37.6 Å². The molecule has 3 rings (SSSR count). The number of thiophene rings is 1. The molecule has 2 atom stereocenters. The monoisotopic (exact) mass is 267 g/mol. The van der Waals surface area contributed by atoms with E-state index in [1.807, 2.05) is 25.2 Å². The zero-order chi connectivity index (χ0) is 12.6. The summed E-state index contributed by atoms with van der Waals surface area (Å²) < 4.78 is 11.4. The largest absolute Gasteiger partial charge is 0.348 e. The molecule has 100 valence electrons. The van der Waals surface area contributed by atoms with Gasteiger partial charge in [-0.2, -0.15) is 0 Å². The van der Waals surface area contributed by atoms with Crippen LogP contribution in [-0.2, 0) is 9.47 Å². The summed E-state index contributed by atoms with van der Waals surface area (Å²) in [4.78, 5) is 1.45. The van der Waals surface area contributed by atoms with Crippen LogP contribution in [0.5, 0.6) is 0 Å². The Morgan fingerprint density at radius 2 is 2.33 bits per heavy atom. The van der Waals surface area contributed by atoms with Crippen molar-refractivity contribution >= 4 is 11.3 Å². The number of hydrogen-bond donors (Lipinski definition) is 1. The van der Waals surface area contributed by atoms with Crippen molar-refractivity contribution < 1.29 is 9.47 Å². The second-order valence-electron chi connectivity index (χ2n) is 5.69. The molecule has 2 aliphatic rings. The lowest BCUT2D eigenvalue weighted by Crippen LogP contribution is -2.33. The Labute approximate surface area is 112 Å². The highest BCUT2D eigenvalue weighted by molar-refractivity contribution is 7.10. The fourth-order valence-electron chi connectivity index (χ4n) is 2.52. The van der Waals surface area contributed by atoms with Crippen LogP contribution in [0.4, 0.5) is 0 Å². The minimum absolute atomic E-state index is 0.182. The van der Waals surface area contributed by atoms with Crippen LogP contribution in [0.2, 0.25) is 0 Å². The Bertz CT molecular complexity index is 387. The predicted octanol–water partition coefficient (Wildman–Crippen LogP) is 2.94. The summed E-state index contributed by atoms with van der Waals surface area (Å²) in [6.07, 6.45) is 2.88. The van der Waals surface area contributed by atoms with E-state index < -0.39 is 5.79 Å². The van der Waals surface area contributed by atoms with E-state index in [4.69, 9.17) is 9.47 Å². The molecule has 18 heavy (non-hydrogen) atoms. The highest BCUT2D eigenvalue weighted by Gasteiger charge is 2.36. The first kappa shape index (κ1) is 12.6. The van der Waals surface area contributed by atoms with Crippen molar-refractivity contribution in [2.75, 3.05) is 13.2 Å². The lowest BCUT2D eigenvalue weighted by atomic mass is 10.1. The highest BCUT2D eigenvalue weighted by Crippen LogP contribution is 2.42. The molecule has 2 unspecified atom stereocenters. The molecule has 1 saturated heterocycles. The maximum atomic E-state index is 5.84. The summed E-state index contributed by atoms with van der Waals surface area (Å²) in [7, 11) is 0. The van der Waals surface area contributed by atoms with Gasteiger partial charge in [-0.3, -0.25) is 0 Å². The number of hydrogen-bond acceptors (Lipinski definition) is 4. The van der Waals surface area contributed by atoms with Gasteiger partial charge in [0.1, 0.15) is 0 Å². The first-order valence-corrected chi connectivity index (χ1v) is 7.60. The third kappa shape index (κ3) is 2.94. The van der Waals surface area contributed by atoms with Crippen LogP contribution in [0.3, 0.4) is 0 Å². The van der Waals surface area contributed by atoms with Gasteiger partial charge in [0.25, 0.3) is 0 Å². The minimum atomic E-state index is -0.412. The molecule has 2 heterocycles. The van der Waals surface area contributed by atoms with Crippen molar-refractivity contribution in [1.82, 2.24) is 5.32 Å². The molecule has 0 spiro atoms. The van der Waals surface area contributed by atoms with Gasteiger partial charge in [0, 0.05) is 17.5 Å². The van der Waals surface area contributed by atoms with E-state index in [0.29, 0.717) is 12.6 Å². The quantitative estimate of drug-likeness (QED) is 0.889. The van der Waals surface area contributed by atoms with Gasteiger partial charge >= 0.3 is 0 Å². The first-order valence-electron chi connectivity index (χ1n) is 6.73. The van der Waals surface area contributed by atoms with Gasteiger partial charge in [0.05, 0.1) is 12.7 Å². The molecule has 1 aliphatic heterocycles.